The van der Waals surface area contributed by atoms with Crippen molar-refractivity contribution in [2.45, 2.75) is 51.5 Å². The predicted molar refractivity (Wildman–Crippen MR) is 76.2 cm³/mol. The third-order valence-corrected chi connectivity index (χ3v) is 5.02. The fourth-order valence-corrected chi connectivity index (χ4v) is 3.82. The summed E-state index contributed by atoms with van der Waals surface area (Å²) in [6, 6.07) is -0.175. The standard InChI is InChI=1S/C13H23NO6S/c1-2-20-13(17)10-5-7-11(8-6-10)14-21(18,19)9-3-4-12(15)16/h10-11,14H,2-9H2,1H3,(H,15,16). The number of carbonyl (C=O) groups excluding carboxylic acids is 1. The first-order valence-electron chi connectivity index (χ1n) is 7.22. The Kier molecular flexibility index (Phi) is 7.10. The number of rotatable bonds is 8. The van der Waals surface area contributed by atoms with E-state index in [0.717, 1.165) is 0 Å². The topological polar surface area (TPSA) is 110 Å². The van der Waals surface area contributed by atoms with E-state index in [1.165, 1.54) is 0 Å². The van der Waals surface area contributed by atoms with Crippen LogP contribution in [0.15, 0.2) is 0 Å². The second-order valence-electron chi connectivity index (χ2n) is 5.23. The van der Waals surface area contributed by atoms with Crippen molar-refractivity contribution in [3.63, 3.8) is 0 Å². The normalized spacial score (nSPS) is 22.7. The SMILES string of the molecule is CCOC(=O)C1CCC(NS(=O)(=O)CCCC(=O)O)CC1. The van der Waals surface area contributed by atoms with Gasteiger partial charge in [-0.25, -0.2) is 13.1 Å². The van der Waals surface area contributed by atoms with Gasteiger partial charge in [-0.15, -0.1) is 0 Å². The average molecular weight is 321 g/mol. The number of nitrogens with one attached hydrogen (secondary N) is 1. The molecule has 0 atom stereocenters. The zero-order chi connectivity index (χ0) is 15.9. The van der Waals surface area contributed by atoms with Gasteiger partial charge in [-0.3, -0.25) is 9.59 Å². The van der Waals surface area contributed by atoms with Crippen LogP contribution in [0.25, 0.3) is 0 Å². The van der Waals surface area contributed by atoms with E-state index in [0.29, 0.717) is 32.3 Å². The van der Waals surface area contributed by atoms with E-state index in [2.05, 4.69) is 4.72 Å². The van der Waals surface area contributed by atoms with Crippen molar-refractivity contribution in [2.24, 2.45) is 5.92 Å². The predicted octanol–water partition coefficient (Wildman–Crippen LogP) is 0.892. The molecule has 0 aromatic heterocycles. The molecule has 0 radical (unpaired) electrons. The van der Waals surface area contributed by atoms with Crippen molar-refractivity contribution in [3.05, 3.63) is 0 Å². The molecule has 2 N–H and O–H groups in total. The maximum Gasteiger partial charge on any atom is 0.308 e. The van der Waals surface area contributed by atoms with Gasteiger partial charge in [-0.1, -0.05) is 0 Å². The van der Waals surface area contributed by atoms with Crippen LogP contribution in [-0.2, 0) is 24.3 Å². The molecular weight excluding hydrogens is 298 g/mol. The number of hydrogen-bond donors (Lipinski definition) is 2. The van der Waals surface area contributed by atoms with Gasteiger partial charge in [0, 0.05) is 12.5 Å². The molecule has 0 aromatic rings. The van der Waals surface area contributed by atoms with Crippen LogP contribution in [0.1, 0.15) is 45.4 Å². The highest BCUT2D eigenvalue weighted by molar-refractivity contribution is 7.89. The van der Waals surface area contributed by atoms with Gasteiger partial charge >= 0.3 is 11.9 Å². The number of aliphatic carboxylic acids is 1. The molecule has 122 valence electrons. The first-order chi connectivity index (χ1) is 9.84. The van der Waals surface area contributed by atoms with Crippen molar-refractivity contribution in [3.8, 4) is 0 Å². The highest BCUT2D eigenvalue weighted by atomic mass is 32.2. The Morgan fingerprint density at radius 3 is 2.38 bits per heavy atom. The van der Waals surface area contributed by atoms with Crippen molar-refractivity contribution in [2.75, 3.05) is 12.4 Å². The molecule has 1 fully saturated rings. The summed E-state index contributed by atoms with van der Waals surface area (Å²) in [5.74, 6) is -1.53. The quantitative estimate of drug-likeness (QED) is 0.643. The monoisotopic (exact) mass is 321 g/mol. The van der Waals surface area contributed by atoms with Crippen LogP contribution in [0.2, 0.25) is 0 Å². The number of ether oxygens (including phenoxy) is 1. The molecule has 0 unspecified atom stereocenters. The van der Waals surface area contributed by atoms with E-state index in [1.54, 1.807) is 6.92 Å². The molecule has 8 heteroatoms. The largest absolute Gasteiger partial charge is 0.481 e. The summed E-state index contributed by atoms with van der Waals surface area (Å²) in [5, 5.41) is 8.50. The Morgan fingerprint density at radius 1 is 1.24 bits per heavy atom. The maximum atomic E-state index is 11.8. The van der Waals surface area contributed by atoms with Crippen LogP contribution < -0.4 is 4.72 Å². The molecule has 0 saturated heterocycles. The summed E-state index contributed by atoms with van der Waals surface area (Å²) >= 11 is 0. The number of carbonyl (C=O) groups is 2. The molecule has 0 heterocycles. The molecule has 7 nitrogen and oxygen atoms in total. The molecule has 21 heavy (non-hydrogen) atoms. The lowest BCUT2D eigenvalue weighted by atomic mass is 9.86. The highest BCUT2D eigenvalue weighted by Crippen LogP contribution is 2.25. The van der Waals surface area contributed by atoms with Crippen LogP contribution in [0, 0.1) is 5.92 Å². The minimum Gasteiger partial charge on any atom is -0.481 e. The Labute approximate surface area is 125 Å². The van der Waals surface area contributed by atoms with Gasteiger partial charge in [0.05, 0.1) is 18.3 Å². The number of hydrogen-bond acceptors (Lipinski definition) is 5. The number of carboxylic acid groups (broad SMARTS) is 1. The lowest BCUT2D eigenvalue weighted by molar-refractivity contribution is -0.149. The lowest BCUT2D eigenvalue weighted by Crippen LogP contribution is -2.40. The third kappa shape index (κ3) is 6.90. The third-order valence-electron chi connectivity index (χ3n) is 3.50. The van der Waals surface area contributed by atoms with E-state index in [-0.39, 0.29) is 36.5 Å². The van der Waals surface area contributed by atoms with Crippen molar-refractivity contribution in [1.82, 2.24) is 4.72 Å². The van der Waals surface area contributed by atoms with E-state index in [4.69, 9.17) is 9.84 Å². The fraction of sp³-hybridized carbons (Fsp3) is 0.846. The van der Waals surface area contributed by atoms with Crippen molar-refractivity contribution in [1.29, 1.82) is 0 Å². The van der Waals surface area contributed by atoms with E-state index in [9.17, 15) is 18.0 Å². The molecular formula is C13H23NO6S. The van der Waals surface area contributed by atoms with E-state index in [1.807, 2.05) is 0 Å². The van der Waals surface area contributed by atoms with Gasteiger partial charge in [-0.05, 0) is 39.0 Å². The van der Waals surface area contributed by atoms with E-state index >= 15 is 0 Å². The number of esters is 1. The van der Waals surface area contributed by atoms with Gasteiger partial charge in [-0.2, -0.15) is 0 Å². The number of carboxylic acids is 1. The molecule has 1 rings (SSSR count). The molecule has 0 aliphatic heterocycles. The summed E-state index contributed by atoms with van der Waals surface area (Å²) in [6.07, 6.45) is 2.37. The first-order valence-corrected chi connectivity index (χ1v) is 8.87. The Hall–Kier alpha value is -1.15. The van der Waals surface area contributed by atoms with Gasteiger partial charge in [0.1, 0.15) is 0 Å². The van der Waals surface area contributed by atoms with Gasteiger partial charge < -0.3 is 9.84 Å². The molecule has 0 spiro atoms. The van der Waals surface area contributed by atoms with Crippen LogP contribution in [-0.4, -0.2) is 43.9 Å². The smallest absolute Gasteiger partial charge is 0.308 e. The molecule has 1 saturated carbocycles. The minimum atomic E-state index is -3.45. The summed E-state index contributed by atoms with van der Waals surface area (Å²) in [4.78, 5) is 21.9. The van der Waals surface area contributed by atoms with E-state index < -0.39 is 16.0 Å². The van der Waals surface area contributed by atoms with Crippen LogP contribution >= 0.6 is 0 Å². The molecule has 0 amide bonds. The molecule has 0 bridgehead atoms. The fourth-order valence-electron chi connectivity index (χ4n) is 2.43. The summed E-state index contributed by atoms with van der Waals surface area (Å²) < 4.78 is 31.2. The van der Waals surface area contributed by atoms with Crippen LogP contribution in [0.5, 0.6) is 0 Å². The zero-order valence-electron chi connectivity index (χ0n) is 12.2. The average Bonchev–Trinajstić information content (AvgIpc) is 2.38. The minimum absolute atomic E-state index is 0.100. The summed E-state index contributed by atoms with van der Waals surface area (Å²) in [7, 11) is -3.45. The van der Waals surface area contributed by atoms with Gasteiger partial charge in [0.25, 0.3) is 0 Å². The Bertz CT molecular complexity index is 453. The zero-order valence-corrected chi connectivity index (χ0v) is 13.0. The van der Waals surface area contributed by atoms with Crippen molar-refractivity contribution < 1.29 is 27.9 Å². The summed E-state index contributed by atoms with van der Waals surface area (Å²) in [5.41, 5.74) is 0. The van der Waals surface area contributed by atoms with Gasteiger partial charge in [0.2, 0.25) is 10.0 Å². The lowest BCUT2D eigenvalue weighted by Gasteiger charge is -2.27. The van der Waals surface area contributed by atoms with Crippen LogP contribution in [0.4, 0.5) is 0 Å². The Morgan fingerprint density at radius 2 is 1.86 bits per heavy atom. The second kappa shape index (κ2) is 8.33. The molecule has 1 aliphatic carbocycles. The van der Waals surface area contributed by atoms with Crippen LogP contribution in [0.3, 0.4) is 0 Å². The Balaban J connectivity index is 2.34. The van der Waals surface area contributed by atoms with Crippen molar-refractivity contribution >= 4 is 22.0 Å². The molecule has 1 aliphatic rings. The molecule has 0 aromatic carbocycles. The maximum absolute atomic E-state index is 11.8. The first kappa shape index (κ1) is 17.9. The number of sulfonamides is 1. The summed E-state index contributed by atoms with van der Waals surface area (Å²) in [6.45, 7) is 2.11. The second-order valence-corrected chi connectivity index (χ2v) is 7.11. The highest BCUT2D eigenvalue weighted by Gasteiger charge is 2.29. The van der Waals surface area contributed by atoms with Gasteiger partial charge in [0.15, 0.2) is 0 Å².